The number of imide groups is 1. The molecular formula is C14H21F3N2O3. The highest BCUT2D eigenvalue weighted by Crippen LogP contribution is 2.48. The van der Waals surface area contributed by atoms with Crippen LogP contribution in [0, 0.1) is 5.41 Å². The number of hydrogen-bond acceptors (Lipinski definition) is 4. The maximum atomic E-state index is 13.3. The quantitative estimate of drug-likeness (QED) is 0.744. The fourth-order valence-electron chi connectivity index (χ4n) is 3.05. The molecule has 126 valence electrons. The van der Waals surface area contributed by atoms with Gasteiger partial charge in [-0.25, -0.2) is 9.69 Å². The molecule has 0 unspecified atom stereocenters. The van der Waals surface area contributed by atoms with Gasteiger partial charge in [-0.2, -0.15) is 13.2 Å². The van der Waals surface area contributed by atoms with E-state index in [2.05, 4.69) is 5.32 Å². The van der Waals surface area contributed by atoms with Crippen molar-refractivity contribution in [2.24, 2.45) is 5.41 Å². The molecule has 2 aliphatic rings. The van der Waals surface area contributed by atoms with E-state index in [1.165, 1.54) is 0 Å². The highest BCUT2D eigenvalue weighted by Gasteiger charge is 2.62. The fraction of sp³-hybridized carbons (Fsp3) is 0.857. The predicted molar refractivity (Wildman–Crippen MR) is 72.1 cm³/mol. The van der Waals surface area contributed by atoms with E-state index in [0.717, 1.165) is 0 Å². The molecule has 0 aliphatic carbocycles. The maximum absolute atomic E-state index is 13.3. The third-order valence-electron chi connectivity index (χ3n) is 4.10. The zero-order chi connectivity index (χ0) is 16.8. The third kappa shape index (κ3) is 3.21. The van der Waals surface area contributed by atoms with Gasteiger partial charge in [0.15, 0.2) is 0 Å². The summed E-state index contributed by atoms with van der Waals surface area (Å²) < 4.78 is 44.9. The van der Waals surface area contributed by atoms with Gasteiger partial charge in [0.2, 0.25) is 5.91 Å². The number of carbonyl (C=O) groups is 2. The first-order valence-corrected chi connectivity index (χ1v) is 7.30. The number of nitrogens with zero attached hydrogens (tertiary/aromatic N) is 1. The van der Waals surface area contributed by atoms with Gasteiger partial charge in [0, 0.05) is 0 Å². The van der Waals surface area contributed by atoms with Gasteiger partial charge in [-0.05, 0) is 53.1 Å². The zero-order valence-electron chi connectivity index (χ0n) is 12.9. The van der Waals surface area contributed by atoms with Crippen LogP contribution in [-0.2, 0) is 9.53 Å². The Morgan fingerprint density at radius 1 is 1.27 bits per heavy atom. The van der Waals surface area contributed by atoms with Crippen LogP contribution < -0.4 is 5.32 Å². The number of amides is 2. The van der Waals surface area contributed by atoms with Crippen molar-refractivity contribution in [2.45, 2.75) is 57.9 Å². The Hall–Kier alpha value is -1.31. The molecule has 8 heteroatoms. The molecule has 2 saturated heterocycles. The smallest absolute Gasteiger partial charge is 0.417 e. The summed E-state index contributed by atoms with van der Waals surface area (Å²) in [5.41, 5.74) is -2.07. The van der Waals surface area contributed by atoms with E-state index in [-0.39, 0.29) is 11.3 Å². The number of carbonyl (C=O) groups excluding carboxylic acids is 2. The van der Waals surface area contributed by atoms with Crippen molar-refractivity contribution < 1.29 is 27.5 Å². The number of hydrogen-bond donors (Lipinski definition) is 1. The minimum atomic E-state index is -4.65. The van der Waals surface area contributed by atoms with Crippen LogP contribution in [0.15, 0.2) is 0 Å². The molecule has 0 bridgehead atoms. The zero-order valence-corrected chi connectivity index (χ0v) is 12.9. The maximum Gasteiger partial charge on any atom is 0.417 e. The molecule has 0 aromatic heterocycles. The molecule has 2 aliphatic heterocycles. The van der Waals surface area contributed by atoms with Crippen molar-refractivity contribution in [1.82, 2.24) is 10.2 Å². The van der Waals surface area contributed by atoms with E-state index in [0.29, 0.717) is 25.9 Å². The summed E-state index contributed by atoms with van der Waals surface area (Å²) in [6, 6.07) is -2.10. The monoisotopic (exact) mass is 322 g/mol. The number of piperidine rings is 1. The Morgan fingerprint density at radius 3 is 2.27 bits per heavy atom. The topological polar surface area (TPSA) is 58.6 Å². The van der Waals surface area contributed by atoms with E-state index in [4.69, 9.17) is 4.74 Å². The van der Waals surface area contributed by atoms with Gasteiger partial charge in [0.1, 0.15) is 11.6 Å². The lowest BCUT2D eigenvalue weighted by atomic mass is 9.76. The van der Waals surface area contributed by atoms with Crippen molar-refractivity contribution in [3.05, 3.63) is 0 Å². The summed E-state index contributed by atoms with van der Waals surface area (Å²) in [6.07, 6.45) is -5.64. The van der Waals surface area contributed by atoms with Gasteiger partial charge in [-0.15, -0.1) is 0 Å². The number of nitrogens with one attached hydrogen (secondary N) is 1. The molecule has 0 saturated carbocycles. The Morgan fingerprint density at radius 2 is 1.82 bits per heavy atom. The Bertz CT molecular complexity index is 465. The molecule has 1 atom stereocenters. The average molecular weight is 322 g/mol. The lowest BCUT2D eigenvalue weighted by Gasteiger charge is -2.31. The first kappa shape index (κ1) is 17.1. The van der Waals surface area contributed by atoms with Crippen LogP contribution in [0.25, 0.3) is 0 Å². The highest BCUT2D eigenvalue weighted by molar-refractivity contribution is 5.98. The van der Waals surface area contributed by atoms with Crippen LogP contribution >= 0.6 is 0 Å². The molecule has 2 amide bonds. The van der Waals surface area contributed by atoms with Crippen molar-refractivity contribution >= 4 is 12.0 Å². The van der Waals surface area contributed by atoms with E-state index in [9.17, 15) is 22.8 Å². The lowest BCUT2D eigenvalue weighted by Crippen LogP contribution is -2.49. The molecule has 0 radical (unpaired) electrons. The van der Waals surface area contributed by atoms with E-state index in [1.54, 1.807) is 20.8 Å². The Labute approximate surface area is 127 Å². The van der Waals surface area contributed by atoms with Crippen molar-refractivity contribution in [3.63, 3.8) is 0 Å². The van der Waals surface area contributed by atoms with Gasteiger partial charge >= 0.3 is 12.3 Å². The van der Waals surface area contributed by atoms with Crippen molar-refractivity contribution in [3.8, 4) is 0 Å². The summed E-state index contributed by atoms with van der Waals surface area (Å²) in [6.45, 7) is 5.59. The summed E-state index contributed by atoms with van der Waals surface area (Å²) in [7, 11) is 0. The minimum Gasteiger partial charge on any atom is -0.443 e. The molecular weight excluding hydrogens is 301 g/mol. The normalized spacial score (nSPS) is 25.6. The van der Waals surface area contributed by atoms with Crippen LogP contribution in [0.2, 0.25) is 0 Å². The SMILES string of the molecule is CC(C)(C)OC(=O)N1C(=O)C2(CCNCC2)C[C@H]1C(F)(F)F. The molecule has 0 aromatic rings. The van der Waals surface area contributed by atoms with Gasteiger partial charge in [0.05, 0.1) is 5.41 Å². The van der Waals surface area contributed by atoms with Crippen LogP contribution in [0.5, 0.6) is 0 Å². The summed E-state index contributed by atoms with van der Waals surface area (Å²) in [5.74, 6) is -0.759. The second kappa shape index (κ2) is 5.40. The second-order valence-electron chi connectivity index (χ2n) is 6.95. The number of halogens is 3. The Kier molecular flexibility index (Phi) is 4.18. The first-order valence-electron chi connectivity index (χ1n) is 7.30. The molecule has 2 fully saturated rings. The second-order valence-corrected chi connectivity index (χ2v) is 6.95. The highest BCUT2D eigenvalue weighted by atomic mass is 19.4. The van der Waals surface area contributed by atoms with Gasteiger partial charge in [-0.3, -0.25) is 4.79 Å². The molecule has 2 heterocycles. The van der Waals surface area contributed by atoms with E-state index >= 15 is 0 Å². The molecule has 1 spiro atoms. The van der Waals surface area contributed by atoms with Crippen molar-refractivity contribution in [1.29, 1.82) is 0 Å². The van der Waals surface area contributed by atoms with E-state index in [1.807, 2.05) is 0 Å². The van der Waals surface area contributed by atoms with Gasteiger partial charge < -0.3 is 10.1 Å². The van der Waals surface area contributed by atoms with Crippen molar-refractivity contribution in [2.75, 3.05) is 13.1 Å². The van der Waals surface area contributed by atoms with Gasteiger partial charge in [-0.1, -0.05) is 0 Å². The summed E-state index contributed by atoms with van der Waals surface area (Å²) in [4.78, 5) is 25.0. The fourth-order valence-corrected chi connectivity index (χ4v) is 3.05. The summed E-state index contributed by atoms with van der Waals surface area (Å²) >= 11 is 0. The molecule has 2 rings (SSSR count). The van der Waals surface area contributed by atoms with Crippen LogP contribution in [0.3, 0.4) is 0 Å². The van der Waals surface area contributed by atoms with Gasteiger partial charge in [0.25, 0.3) is 0 Å². The molecule has 22 heavy (non-hydrogen) atoms. The standard InChI is InChI=1S/C14H21F3N2O3/c1-12(2,3)22-11(21)19-9(14(15,16)17)8-13(10(19)20)4-6-18-7-5-13/h9,18H,4-8H2,1-3H3/t9-/m0/s1. The van der Waals surface area contributed by atoms with Crippen LogP contribution in [0.1, 0.15) is 40.0 Å². The minimum absolute atomic E-state index is 0.288. The van der Waals surface area contributed by atoms with Crippen LogP contribution in [0.4, 0.5) is 18.0 Å². The Balaban J connectivity index is 2.31. The molecule has 0 aromatic carbocycles. The predicted octanol–water partition coefficient (Wildman–Crippen LogP) is 2.45. The van der Waals surface area contributed by atoms with Crippen LogP contribution in [-0.4, -0.2) is 47.8 Å². The lowest BCUT2D eigenvalue weighted by molar-refractivity contribution is -0.177. The number of likely N-dealkylation sites (tertiary alicyclic amines) is 1. The summed E-state index contributed by atoms with van der Waals surface area (Å²) in [5, 5.41) is 3.02. The number of ether oxygens (including phenoxy) is 1. The molecule has 1 N–H and O–H groups in total. The number of alkyl halides is 3. The number of rotatable bonds is 0. The largest absolute Gasteiger partial charge is 0.443 e. The third-order valence-corrected chi connectivity index (χ3v) is 4.10. The average Bonchev–Trinajstić information content (AvgIpc) is 2.62. The molecule has 5 nitrogen and oxygen atoms in total. The first-order chi connectivity index (χ1) is 9.96. The van der Waals surface area contributed by atoms with E-state index < -0.39 is 35.2 Å².